The van der Waals surface area contributed by atoms with Crippen molar-refractivity contribution in [2.24, 2.45) is 11.8 Å². The molecule has 1 aromatic carbocycles. The Hall–Kier alpha value is -1.82. The lowest BCUT2D eigenvalue weighted by Crippen LogP contribution is -2.50. The predicted octanol–water partition coefficient (Wildman–Crippen LogP) is 2.62. The van der Waals surface area contributed by atoms with Crippen LogP contribution in [0.5, 0.6) is 0 Å². The third-order valence-electron chi connectivity index (χ3n) is 4.70. The van der Waals surface area contributed by atoms with Crippen LogP contribution in [0.4, 0.5) is 0 Å². The molecule has 2 aromatic rings. The van der Waals surface area contributed by atoms with E-state index >= 15 is 0 Å². The number of halogens is 1. The number of carbonyl (C=O) groups is 1. The van der Waals surface area contributed by atoms with Gasteiger partial charge >= 0.3 is 0 Å². The van der Waals surface area contributed by atoms with Crippen molar-refractivity contribution in [3.63, 3.8) is 0 Å². The van der Waals surface area contributed by atoms with Gasteiger partial charge in [0.1, 0.15) is 11.9 Å². The molecule has 5 nitrogen and oxygen atoms in total. The van der Waals surface area contributed by atoms with Crippen LogP contribution in [-0.2, 0) is 11.3 Å². The smallest absolute Gasteiger partial charge is 0.226 e. The molecule has 136 valence electrons. The second-order valence-electron chi connectivity index (χ2n) is 6.44. The minimum absolute atomic E-state index is 0. The summed E-state index contributed by atoms with van der Waals surface area (Å²) in [6.45, 7) is 4.46. The van der Waals surface area contributed by atoms with E-state index in [1.807, 2.05) is 37.3 Å². The van der Waals surface area contributed by atoms with Crippen molar-refractivity contribution in [2.75, 3.05) is 19.6 Å². The van der Waals surface area contributed by atoms with Crippen LogP contribution in [0.25, 0.3) is 0 Å². The van der Waals surface area contributed by atoms with Crippen LogP contribution in [0.1, 0.15) is 24.4 Å². The molecule has 1 amide bonds. The van der Waals surface area contributed by atoms with Gasteiger partial charge in [-0.3, -0.25) is 4.79 Å². The number of nitrogens with zero attached hydrogens (tertiary/aromatic N) is 1. The lowest BCUT2D eigenvalue weighted by atomic mass is 9.87. The van der Waals surface area contributed by atoms with Gasteiger partial charge in [0, 0.05) is 12.5 Å². The molecule has 25 heavy (non-hydrogen) atoms. The molecule has 2 atom stereocenters. The second-order valence-corrected chi connectivity index (χ2v) is 6.44. The van der Waals surface area contributed by atoms with E-state index in [2.05, 4.69) is 5.32 Å². The zero-order chi connectivity index (χ0) is 16.9. The van der Waals surface area contributed by atoms with E-state index in [1.165, 1.54) is 6.26 Å². The fraction of sp³-hybridized carbons (Fsp3) is 0.421. The second kappa shape index (κ2) is 9.04. The summed E-state index contributed by atoms with van der Waals surface area (Å²) >= 11 is 0. The molecule has 6 heteroatoms. The number of amides is 1. The van der Waals surface area contributed by atoms with Crippen LogP contribution < -0.4 is 5.32 Å². The van der Waals surface area contributed by atoms with Crippen molar-refractivity contribution >= 4 is 18.3 Å². The van der Waals surface area contributed by atoms with Gasteiger partial charge < -0.3 is 19.7 Å². The van der Waals surface area contributed by atoms with Gasteiger partial charge in [0.05, 0.1) is 12.8 Å². The average Bonchev–Trinajstić information content (AvgIpc) is 3.07. The van der Waals surface area contributed by atoms with Crippen molar-refractivity contribution in [3.8, 4) is 0 Å². The Labute approximate surface area is 154 Å². The Balaban J connectivity index is 0.00000225. The van der Waals surface area contributed by atoms with Crippen molar-refractivity contribution in [3.05, 3.63) is 60.1 Å². The standard InChI is InChI=1S/C19H24N2O3.ClH/c1-14(16-10-20-11-16)19(23)21(12-15-6-3-2-4-7-15)13-17(22)18-8-5-9-24-18;/h2-9,14,16-17,20,22H,10-13H2,1H3;1H. The molecule has 2 unspecified atom stereocenters. The third-order valence-corrected chi connectivity index (χ3v) is 4.70. The number of aliphatic hydroxyl groups excluding tert-OH is 1. The van der Waals surface area contributed by atoms with Crippen molar-refractivity contribution < 1.29 is 14.3 Å². The normalized spacial score (nSPS) is 16.4. The van der Waals surface area contributed by atoms with E-state index < -0.39 is 6.10 Å². The fourth-order valence-corrected chi connectivity index (χ4v) is 2.97. The van der Waals surface area contributed by atoms with Crippen molar-refractivity contribution in [1.82, 2.24) is 10.2 Å². The molecule has 0 radical (unpaired) electrons. The van der Waals surface area contributed by atoms with Crippen LogP contribution in [0.2, 0.25) is 0 Å². The maximum Gasteiger partial charge on any atom is 0.226 e. The van der Waals surface area contributed by atoms with Crippen LogP contribution in [0, 0.1) is 11.8 Å². The number of nitrogens with one attached hydrogen (secondary N) is 1. The van der Waals surface area contributed by atoms with Crippen molar-refractivity contribution in [2.45, 2.75) is 19.6 Å². The van der Waals surface area contributed by atoms with E-state index in [0.29, 0.717) is 18.2 Å². The summed E-state index contributed by atoms with van der Waals surface area (Å²) in [4.78, 5) is 14.7. The van der Waals surface area contributed by atoms with E-state index in [0.717, 1.165) is 18.7 Å². The van der Waals surface area contributed by atoms with Gasteiger partial charge in [0.15, 0.2) is 0 Å². The summed E-state index contributed by atoms with van der Waals surface area (Å²) in [5.41, 5.74) is 1.05. The monoisotopic (exact) mass is 364 g/mol. The van der Waals surface area contributed by atoms with Gasteiger partial charge in [0.25, 0.3) is 0 Å². The number of furan rings is 1. The van der Waals surface area contributed by atoms with E-state index in [9.17, 15) is 9.90 Å². The molecule has 3 rings (SSSR count). The summed E-state index contributed by atoms with van der Waals surface area (Å²) in [6.07, 6.45) is 0.712. The van der Waals surface area contributed by atoms with Crippen molar-refractivity contribution in [1.29, 1.82) is 0 Å². The van der Waals surface area contributed by atoms with Gasteiger partial charge in [-0.15, -0.1) is 12.4 Å². The van der Waals surface area contributed by atoms with Crippen LogP contribution in [0.3, 0.4) is 0 Å². The Morgan fingerprint density at radius 2 is 2.00 bits per heavy atom. The highest BCUT2D eigenvalue weighted by Crippen LogP contribution is 2.22. The van der Waals surface area contributed by atoms with Crippen LogP contribution in [-0.4, -0.2) is 35.5 Å². The summed E-state index contributed by atoms with van der Waals surface area (Å²) in [6, 6.07) is 13.3. The molecule has 0 bridgehead atoms. The Morgan fingerprint density at radius 1 is 1.28 bits per heavy atom. The fourth-order valence-electron chi connectivity index (χ4n) is 2.97. The highest BCUT2D eigenvalue weighted by atomic mass is 35.5. The van der Waals surface area contributed by atoms with E-state index in [1.54, 1.807) is 17.0 Å². The quantitative estimate of drug-likeness (QED) is 0.792. The first-order valence-electron chi connectivity index (χ1n) is 8.40. The van der Waals surface area contributed by atoms with Gasteiger partial charge in [0.2, 0.25) is 5.91 Å². The molecule has 2 heterocycles. The molecular weight excluding hydrogens is 340 g/mol. The number of rotatable bonds is 7. The van der Waals surface area contributed by atoms with Gasteiger partial charge in [-0.25, -0.2) is 0 Å². The zero-order valence-corrected chi connectivity index (χ0v) is 15.1. The number of hydrogen-bond donors (Lipinski definition) is 2. The molecule has 1 aliphatic rings. The molecular formula is C19H25ClN2O3. The van der Waals surface area contributed by atoms with Gasteiger partial charge in [-0.2, -0.15) is 0 Å². The number of carbonyl (C=O) groups excluding carboxylic acids is 1. The number of benzene rings is 1. The predicted molar refractivity (Wildman–Crippen MR) is 98.3 cm³/mol. The average molecular weight is 365 g/mol. The zero-order valence-electron chi connectivity index (χ0n) is 14.3. The van der Waals surface area contributed by atoms with Gasteiger partial charge in [-0.1, -0.05) is 37.3 Å². The SMILES string of the molecule is CC(C(=O)N(Cc1ccccc1)CC(O)c1ccco1)C1CNC1.Cl. The summed E-state index contributed by atoms with van der Waals surface area (Å²) in [5.74, 6) is 0.880. The number of aliphatic hydroxyl groups is 1. The molecule has 0 saturated carbocycles. The van der Waals surface area contributed by atoms with Gasteiger partial charge in [-0.05, 0) is 36.7 Å². The summed E-state index contributed by atoms with van der Waals surface area (Å²) in [5, 5.41) is 13.6. The molecule has 2 N–H and O–H groups in total. The topological polar surface area (TPSA) is 65.7 Å². The first kappa shape index (κ1) is 19.5. The summed E-state index contributed by atoms with van der Waals surface area (Å²) < 4.78 is 5.27. The Kier molecular flexibility index (Phi) is 7.05. The molecule has 1 aliphatic heterocycles. The molecule has 1 saturated heterocycles. The lowest BCUT2D eigenvalue weighted by Gasteiger charge is -2.35. The maximum atomic E-state index is 12.9. The molecule has 1 fully saturated rings. The highest BCUT2D eigenvalue weighted by Gasteiger charge is 2.32. The van der Waals surface area contributed by atoms with Crippen LogP contribution >= 0.6 is 12.4 Å². The minimum atomic E-state index is -0.820. The Morgan fingerprint density at radius 3 is 2.56 bits per heavy atom. The van der Waals surface area contributed by atoms with E-state index in [4.69, 9.17) is 4.42 Å². The highest BCUT2D eigenvalue weighted by molar-refractivity contribution is 5.85. The maximum absolute atomic E-state index is 12.9. The molecule has 0 aliphatic carbocycles. The third kappa shape index (κ3) is 4.84. The number of hydrogen-bond acceptors (Lipinski definition) is 4. The van der Waals surface area contributed by atoms with Crippen LogP contribution in [0.15, 0.2) is 53.1 Å². The summed E-state index contributed by atoms with van der Waals surface area (Å²) in [7, 11) is 0. The first-order valence-corrected chi connectivity index (χ1v) is 8.40. The molecule has 1 aromatic heterocycles. The Bertz CT molecular complexity index is 644. The molecule has 0 spiro atoms. The first-order chi connectivity index (χ1) is 11.6. The van der Waals surface area contributed by atoms with E-state index in [-0.39, 0.29) is 30.8 Å². The lowest BCUT2D eigenvalue weighted by molar-refractivity contribution is -0.139. The largest absolute Gasteiger partial charge is 0.467 e. The minimum Gasteiger partial charge on any atom is -0.467 e.